The maximum Gasteiger partial charge on any atom is 0.355 e. The second-order valence-corrected chi connectivity index (χ2v) is 8.96. The Hall–Kier alpha value is -2.74. The Morgan fingerprint density at radius 1 is 1.15 bits per heavy atom. The van der Waals surface area contributed by atoms with E-state index in [9.17, 15) is 13.8 Å². The van der Waals surface area contributed by atoms with Crippen LogP contribution < -0.4 is 10.0 Å². The number of hydrogen-bond acceptors (Lipinski definition) is 4. The number of nitrogens with zero attached hydrogens (tertiary/aromatic N) is 2. The lowest BCUT2D eigenvalue weighted by Gasteiger charge is -2.15. The van der Waals surface area contributed by atoms with Gasteiger partial charge in [-0.1, -0.05) is 6.07 Å². The van der Waals surface area contributed by atoms with Gasteiger partial charge < -0.3 is 5.32 Å². The lowest BCUT2D eigenvalue weighted by molar-refractivity contribution is 0.0985. The van der Waals surface area contributed by atoms with Crippen molar-refractivity contribution in [3.8, 4) is 0 Å². The van der Waals surface area contributed by atoms with Gasteiger partial charge in [-0.2, -0.15) is 0 Å². The number of amides is 3. The van der Waals surface area contributed by atoms with E-state index in [0.29, 0.717) is 0 Å². The lowest BCUT2D eigenvalue weighted by Crippen LogP contribution is -2.23. The maximum atomic E-state index is 13.1. The Morgan fingerprint density at radius 2 is 1.85 bits per heavy atom. The summed E-state index contributed by atoms with van der Waals surface area (Å²) < 4.78 is 19.3. The van der Waals surface area contributed by atoms with Crippen molar-refractivity contribution in [3.05, 3.63) is 52.3 Å². The Balaban J connectivity index is 1.54. The number of pyridine rings is 1. The smallest absolute Gasteiger partial charge is 0.305 e. The van der Waals surface area contributed by atoms with E-state index in [1.54, 1.807) is 0 Å². The summed E-state index contributed by atoms with van der Waals surface area (Å²) in [5.41, 5.74) is 5.97. The molecule has 1 aliphatic heterocycles. The SMILES string of the molecule is O=C(N=S1(=O)NC(=O)c2cnccc21)Nc1c2c(cc3c1CCC3)CCC2. The van der Waals surface area contributed by atoms with Crippen LogP contribution in [0, 0.1) is 0 Å². The molecule has 5 rings (SSSR count). The van der Waals surface area contributed by atoms with E-state index < -0.39 is 21.9 Å². The third kappa shape index (κ3) is 2.55. The van der Waals surface area contributed by atoms with Gasteiger partial charge in [-0.15, -0.1) is 4.36 Å². The molecule has 138 valence electrons. The molecule has 2 aromatic rings. The molecular formula is C19H18N4O3S. The first-order valence-electron chi connectivity index (χ1n) is 9.06. The summed E-state index contributed by atoms with van der Waals surface area (Å²) in [6.45, 7) is 0. The minimum Gasteiger partial charge on any atom is -0.305 e. The van der Waals surface area contributed by atoms with Crippen LogP contribution in [0.1, 0.15) is 45.5 Å². The van der Waals surface area contributed by atoms with Crippen LogP contribution in [-0.2, 0) is 35.6 Å². The van der Waals surface area contributed by atoms with Crippen LogP contribution in [-0.4, -0.2) is 21.1 Å². The van der Waals surface area contributed by atoms with Crippen LogP contribution in [0.25, 0.3) is 0 Å². The highest BCUT2D eigenvalue weighted by Crippen LogP contribution is 2.38. The second kappa shape index (κ2) is 5.88. The van der Waals surface area contributed by atoms with Gasteiger partial charge in [0, 0.05) is 18.1 Å². The molecule has 8 heteroatoms. The highest BCUT2D eigenvalue weighted by Gasteiger charge is 2.32. The van der Waals surface area contributed by atoms with Gasteiger partial charge in [-0.3, -0.25) is 14.5 Å². The molecule has 2 aliphatic carbocycles. The number of nitrogens with one attached hydrogen (secondary N) is 2. The van der Waals surface area contributed by atoms with Crippen LogP contribution in [0.2, 0.25) is 0 Å². The number of urea groups is 1. The molecule has 3 aliphatic rings. The lowest BCUT2D eigenvalue weighted by atomic mass is 9.99. The fourth-order valence-corrected chi connectivity index (χ4v) is 5.90. The third-order valence-electron chi connectivity index (χ3n) is 5.47. The summed E-state index contributed by atoms with van der Waals surface area (Å²) in [6, 6.07) is 3.04. The quantitative estimate of drug-likeness (QED) is 0.792. The molecule has 0 radical (unpaired) electrons. The van der Waals surface area contributed by atoms with Gasteiger partial charge in [0.15, 0.2) is 9.92 Å². The molecule has 0 saturated heterocycles. The fourth-order valence-electron chi connectivity index (χ4n) is 4.31. The molecule has 1 unspecified atom stereocenters. The first-order valence-corrected chi connectivity index (χ1v) is 10.6. The van der Waals surface area contributed by atoms with E-state index in [1.165, 1.54) is 40.7 Å². The molecule has 0 bridgehead atoms. The second-order valence-electron chi connectivity index (χ2n) is 7.08. The number of aryl methyl sites for hydroxylation is 2. The zero-order chi connectivity index (χ0) is 18.6. The molecule has 0 fully saturated rings. The number of hydrogen-bond donors (Lipinski definition) is 2. The van der Waals surface area contributed by atoms with E-state index in [2.05, 4.69) is 25.5 Å². The van der Waals surface area contributed by atoms with Crippen molar-refractivity contribution in [2.75, 3.05) is 5.32 Å². The van der Waals surface area contributed by atoms with Crippen molar-refractivity contribution < 1.29 is 13.8 Å². The Labute approximate surface area is 156 Å². The molecule has 2 heterocycles. The predicted octanol–water partition coefficient (Wildman–Crippen LogP) is 2.78. The molecule has 2 N–H and O–H groups in total. The number of benzene rings is 1. The van der Waals surface area contributed by atoms with E-state index in [0.717, 1.165) is 44.2 Å². The van der Waals surface area contributed by atoms with Crippen LogP contribution in [0.5, 0.6) is 0 Å². The van der Waals surface area contributed by atoms with Gasteiger partial charge in [0.25, 0.3) is 5.91 Å². The van der Waals surface area contributed by atoms with Crippen LogP contribution in [0.3, 0.4) is 0 Å². The molecular weight excluding hydrogens is 364 g/mol. The van der Waals surface area contributed by atoms with Crippen LogP contribution >= 0.6 is 0 Å². The fraction of sp³-hybridized carbons (Fsp3) is 0.316. The summed E-state index contributed by atoms with van der Waals surface area (Å²) in [7, 11) is -3.34. The average molecular weight is 382 g/mol. The van der Waals surface area contributed by atoms with E-state index in [-0.39, 0.29) is 10.5 Å². The van der Waals surface area contributed by atoms with Crippen LogP contribution in [0.15, 0.2) is 33.8 Å². The molecule has 0 saturated carbocycles. The Morgan fingerprint density at radius 3 is 2.56 bits per heavy atom. The molecule has 0 spiro atoms. The van der Waals surface area contributed by atoms with E-state index in [4.69, 9.17) is 0 Å². The van der Waals surface area contributed by atoms with Crippen molar-refractivity contribution in [1.29, 1.82) is 0 Å². The Kier molecular flexibility index (Phi) is 3.58. The standard InChI is InChI=1S/C19H18N4O3S/c24-18-15-10-20-8-7-16(15)27(26,22-18)23-19(25)21-17-13-5-1-3-11(13)9-12-4-2-6-14(12)17/h7-10H,1-6H2,(H2,21,22,23,24,25,26). The van der Waals surface area contributed by atoms with E-state index >= 15 is 0 Å². The van der Waals surface area contributed by atoms with Gasteiger partial charge in [-0.05, 0) is 66.8 Å². The minimum absolute atomic E-state index is 0.195. The van der Waals surface area contributed by atoms with Gasteiger partial charge in [0.1, 0.15) is 0 Å². The largest absolute Gasteiger partial charge is 0.355 e. The van der Waals surface area contributed by atoms with Crippen LogP contribution in [0.4, 0.5) is 10.5 Å². The number of aromatic nitrogens is 1. The minimum atomic E-state index is -3.34. The summed E-state index contributed by atoms with van der Waals surface area (Å²) >= 11 is 0. The predicted molar refractivity (Wildman–Crippen MR) is 100 cm³/mol. The average Bonchev–Trinajstić information content (AvgIpc) is 3.34. The number of fused-ring (bicyclic) bond motifs is 3. The highest BCUT2D eigenvalue weighted by atomic mass is 32.2. The van der Waals surface area contributed by atoms with Gasteiger partial charge in [0.05, 0.1) is 10.5 Å². The normalized spacial score (nSPS) is 22.0. The molecule has 3 amide bonds. The third-order valence-corrected chi connectivity index (χ3v) is 7.31. The molecule has 1 aromatic heterocycles. The molecule has 7 nitrogen and oxygen atoms in total. The first kappa shape index (κ1) is 16.4. The van der Waals surface area contributed by atoms with Gasteiger partial charge >= 0.3 is 6.03 Å². The van der Waals surface area contributed by atoms with Crippen molar-refractivity contribution in [2.45, 2.75) is 43.4 Å². The van der Waals surface area contributed by atoms with Crippen molar-refractivity contribution in [2.24, 2.45) is 4.36 Å². The topological polar surface area (TPSA) is 101 Å². The number of carbonyl (C=O) groups is 2. The summed E-state index contributed by atoms with van der Waals surface area (Å²) in [4.78, 5) is 28.8. The molecule has 1 atom stereocenters. The number of rotatable bonds is 1. The summed E-state index contributed by atoms with van der Waals surface area (Å²) in [5.74, 6) is -0.527. The van der Waals surface area contributed by atoms with E-state index in [1.807, 2.05) is 0 Å². The van der Waals surface area contributed by atoms with Crippen molar-refractivity contribution in [3.63, 3.8) is 0 Å². The molecule has 1 aromatic carbocycles. The number of anilines is 1. The highest BCUT2D eigenvalue weighted by molar-refractivity contribution is 7.93. The monoisotopic (exact) mass is 382 g/mol. The van der Waals surface area contributed by atoms with Gasteiger partial charge in [0.2, 0.25) is 0 Å². The zero-order valence-electron chi connectivity index (χ0n) is 14.6. The number of carbonyl (C=O) groups excluding carboxylic acids is 2. The first-order chi connectivity index (χ1) is 13.0. The maximum absolute atomic E-state index is 13.1. The van der Waals surface area contributed by atoms with Gasteiger partial charge in [-0.25, -0.2) is 9.00 Å². The zero-order valence-corrected chi connectivity index (χ0v) is 15.4. The summed E-state index contributed by atoms with van der Waals surface area (Å²) in [6.07, 6.45) is 8.82. The summed E-state index contributed by atoms with van der Waals surface area (Å²) in [5, 5.41) is 2.89. The Bertz CT molecular complexity index is 1100. The van der Waals surface area contributed by atoms with Crippen molar-refractivity contribution >= 4 is 27.5 Å². The molecule has 27 heavy (non-hydrogen) atoms. The van der Waals surface area contributed by atoms with Crippen molar-refractivity contribution in [1.82, 2.24) is 9.71 Å².